The number of thioether (sulfide) groups is 1. The molecule has 0 bridgehead atoms. The number of carbonyl (C=O) groups is 2. The van der Waals surface area contributed by atoms with Gasteiger partial charge in [0.2, 0.25) is 0 Å². The van der Waals surface area contributed by atoms with Gasteiger partial charge in [0, 0.05) is 30.3 Å². The topological polar surface area (TPSA) is 59.1 Å². The summed E-state index contributed by atoms with van der Waals surface area (Å²) < 4.78 is 11.0. The van der Waals surface area contributed by atoms with Crippen molar-refractivity contribution in [3.8, 4) is 5.75 Å². The van der Waals surface area contributed by atoms with Gasteiger partial charge in [-0.15, -0.1) is 24.2 Å². The lowest BCUT2D eigenvalue weighted by atomic mass is 10.0. The molecule has 0 aromatic heterocycles. The number of hydrogen-bond acceptors (Lipinski definition) is 6. The van der Waals surface area contributed by atoms with Crippen molar-refractivity contribution in [1.82, 2.24) is 4.90 Å². The van der Waals surface area contributed by atoms with E-state index in [4.69, 9.17) is 9.47 Å². The van der Waals surface area contributed by atoms with Crippen molar-refractivity contribution in [3.05, 3.63) is 66.2 Å². The van der Waals surface area contributed by atoms with Crippen LogP contribution in [0.2, 0.25) is 0 Å². The predicted octanol–water partition coefficient (Wildman–Crippen LogP) is 4.94. The van der Waals surface area contributed by atoms with Gasteiger partial charge in [0.25, 0.3) is 5.91 Å². The number of hydrogen-bond donors (Lipinski definition) is 0. The first kappa shape index (κ1) is 25.9. The van der Waals surface area contributed by atoms with Gasteiger partial charge in [-0.25, -0.2) is 0 Å². The number of likely N-dealkylation sites (N-methyl/N-ethyl adjacent to an activating group) is 1. The highest BCUT2D eigenvalue weighted by molar-refractivity contribution is 7.99. The zero-order chi connectivity index (χ0) is 23.5. The summed E-state index contributed by atoms with van der Waals surface area (Å²) in [6.45, 7) is 2.51. The van der Waals surface area contributed by atoms with Crippen molar-refractivity contribution in [3.63, 3.8) is 0 Å². The highest BCUT2D eigenvalue weighted by Crippen LogP contribution is 2.47. The maximum absolute atomic E-state index is 14.0. The number of halogens is 1. The Hall–Kier alpha value is -2.74. The minimum atomic E-state index is -0.966. The standard InChI is InChI=1S/C26H28N2O4S.ClH/c1-17(29)32-24-25(19-11-13-20(31-4)14-12-19)33-22-10-6-8-18-7-5-9-21(23(18)22)28(26(24)30)16-15-27(2)3;/h5-14,24-25H,15-16H2,1-4H3;1H/t24-,25-;/m0./s1. The van der Waals surface area contributed by atoms with E-state index in [1.54, 1.807) is 23.8 Å². The molecule has 0 spiro atoms. The Bertz CT molecular complexity index is 1160. The first-order chi connectivity index (χ1) is 15.9. The fraction of sp³-hybridized carbons (Fsp3) is 0.308. The molecule has 0 unspecified atom stereocenters. The normalized spacial score (nSPS) is 17.7. The number of esters is 1. The van der Waals surface area contributed by atoms with E-state index in [0.717, 1.165) is 32.7 Å². The van der Waals surface area contributed by atoms with Crippen LogP contribution in [0.3, 0.4) is 0 Å². The van der Waals surface area contributed by atoms with Gasteiger partial charge in [0.05, 0.1) is 18.0 Å². The summed E-state index contributed by atoms with van der Waals surface area (Å²) in [4.78, 5) is 31.0. The van der Waals surface area contributed by atoms with Crippen LogP contribution in [0.25, 0.3) is 10.8 Å². The average Bonchev–Trinajstić information content (AvgIpc) is 2.80. The Morgan fingerprint density at radius 3 is 2.35 bits per heavy atom. The summed E-state index contributed by atoms with van der Waals surface area (Å²) in [6, 6.07) is 19.7. The second-order valence-electron chi connectivity index (χ2n) is 8.27. The predicted molar refractivity (Wildman–Crippen MR) is 139 cm³/mol. The third-order valence-electron chi connectivity index (χ3n) is 5.68. The molecule has 3 aromatic carbocycles. The van der Waals surface area contributed by atoms with Gasteiger partial charge in [-0.3, -0.25) is 9.59 Å². The second-order valence-corrected chi connectivity index (χ2v) is 9.45. The minimum absolute atomic E-state index is 0. The number of methoxy groups -OCH3 is 1. The molecule has 4 rings (SSSR count). The van der Waals surface area contributed by atoms with Gasteiger partial charge in [-0.05, 0) is 49.3 Å². The molecule has 0 radical (unpaired) electrons. The third kappa shape index (κ3) is 5.32. The van der Waals surface area contributed by atoms with E-state index in [1.807, 2.05) is 61.5 Å². The lowest BCUT2D eigenvalue weighted by Crippen LogP contribution is -2.46. The molecule has 0 saturated heterocycles. The molecule has 1 amide bonds. The highest BCUT2D eigenvalue weighted by atomic mass is 35.5. The van der Waals surface area contributed by atoms with Crippen molar-refractivity contribution in [2.24, 2.45) is 0 Å². The van der Waals surface area contributed by atoms with Crippen LogP contribution in [0.4, 0.5) is 5.69 Å². The van der Waals surface area contributed by atoms with Crippen LogP contribution in [-0.2, 0) is 14.3 Å². The van der Waals surface area contributed by atoms with Gasteiger partial charge in [0.1, 0.15) is 5.75 Å². The number of ether oxygens (including phenoxy) is 2. The van der Waals surface area contributed by atoms with Crippen LogP contribution in [0.5, 0.6) is 5.75 Å². The summed E-state index contributed by atoms with van der Waals surface area (Å²) in [6.07, 6.45) is -0.966. The Balaban J connectivity index is 0.00000324. The molecular formula is C26H29ClN2O4S. The number of amides is 1. The largest absolute Gasteiger partial charge is 0.497 e. The summed E-state index contributed by atoms with van der Waals surface area (Å²) in [5.41, 5.74) is 1.73. The number of nitrogens with zero attached hydrogens (tertiary/aromatic N) is 2. The van der Waals surface area contributed by atoms with Crippen molar-refractivity contribution < 1.29 is 19.1 Å². The van der Waals surface area contributed by atoms with E-state index in [-0.39, 0.29) is 18.3 Å². The summed E-state index contributed by atoms with van der Waals surface area (Å²) in [7, 11) is 5.57. The SMILES string of the molecule is COc1ccc([C@@H]2Sc3cccc4cccc(c34)N(CCN(C)C)C(=O)[C@H]2OC(C)=O)cc1.Cl. The highest BCUT2D eigenvalue weighted by Gasteiger charge is 2.39. The van der Waals surface area contributed by atoms with Crippen molar-refractivity contribution in [2.75, 3.05) is 39.2 Å². The van der Waals surface area contributed by atoms with Crippen LogP contribution in [-0.4, -0.2) is 57.2 Å². The molecule has 0 fully saturated rings. The molecule has 1 aliphatic rings. The smallest absolute Gasteiger partial charge is 0.303 e. The monoisotopic (exact) mass is 500 g/mol. The van der Waals surface area contributed by atoms with E-state index in [0.29, 0.717) is 13.1 Å². The molecule has 1 aliphatic heterocycles. The molecule has 0 N–H and O–H groups in total. The molecule has 1 heterocycles. The van der Waals surface area contributed by atoms with Crippen LogP contribution in [0, 0.1) is 0 Å². The van der Waals surface area contributed by atoms with E-state index in [2.05, 4.69) is 18.2 Å². The maximum atomic E-state index is 14.0. The maximum Gasteiger partial charge on any atom is 0.303 e. The van der Waals surface area contributed by atoms with Gasteiger partial charge in [-0.2, -0.15) is 0 Å². The lowest BCUT2D eigenvalue weighted by molar-refractivity contribution is -0.152. The molecule has 0 saturated carbocycles. The third-order valence-corrected chi connectivity index (χ3v) is 7.05. The number of anilines is 1. The Morgan fingerprint density at radius 2 is 1.74 bits per heavy atom. The quantitative estimate of drug-likeness (QED) is 0.447. The van der Waals surface area contributed by atoms with Crippen LogP contribution < -0.4 is 9.64 Å². The molecule has 0 aliphatic carbocycles. The minimum Gasteiger partial charge on any atom is -0.497 e. The van der Waals surface area contributed by atoms with Crippen LogP contribution in [0.15, 0.2) is 65.6 Å². The van der Waals surface area contributed by atoms with Crippen molar-refractivity contribution >= 4 is 52.5 Å². The first-order valence-electron chi connectivity index (χ1n) is 10.8. The fourth-order valence-electron chi connectivity index (χ4n) is 4.07. The second kappa shape index (κ2) is 11.1. The summed E-state index contributed by atoms with van der Waals surface area (Å²) in [5.74, 6) is 0.0273. The zero-order valence-corrected chi connectivity index (χ0v) is 21.3. The van der Waals surface area contributed by atoms with Gasteiger partial charge in [0.15, 0.2) is 6.10 Å². The summed E-state index contributed by atoms with van der Waals surface area (Å²) >= 11 is 1.55. The van der Waals surface area contributed by atoms with Crippen LogP contribution >= 0.6 is 24.2 Å². The molecule has 2 atom stereocenters. The Labute approximate surface area is 210 Å². The van der Waals surface area contributed by atoms with E-state index in [9.17, 15) is 9.59 Å². The van der Waals surface area contributed by atoms with Gasteiger partial charge in [-0.1, -0.05) is 36.4 Å². The van der Waals surface area contributed by atoms with Crippen molar-refractivity contribution in [1.29, 1.82) is 0 Å². The van der Waals surface area contributed by atoms with E-state index in [1.165, 1.54) is 6.92 Å². The molecular weight excluding hydrogens is 472 g/mol. The first-order valence-corrected chi connectivity index (χ1v) is 11.7. The average molecular weight is 501 g/mol. The number of benzene rings is 3. The molecule has 3 aromatic rings. The van der Waals surface area contributed by atoms with Crippen molar-refractivity contribution in [2.45, 2.75) is 23.2 Å². The molecule has 34 heavy (non-hydrogen) atoms. The zero-order valence-electron chi connectivity index (χ0n) is 19.7. The number of carbonyl (C=O) groups excluding carboxylic acids is 2. The van der Waals surface area contributed by atoms with Crippen LogP contribution in [0.1, 0.15) is 17.7 Å². The van der Waals surface area contributed by atoms with Gasteiger partial charge >= 0.3 is 5.97 Å². The van der Waals surface area contributed by atoms with Gasteiger partial charge < -0.3 is 19.3 Å². The molecule has 6 nitrogen and oxygen atoms in total. The Morgan fingerprint density at radius 1 is 1.06 bits per heavy atom. The van der Waals surface area contributed by atoms with E-state index < -0.39 is 17.3 Å². The molecule has 8 heteroatoms. The summed E-state index contributed by atoms with van der Waals surface area (Å²) in [5, 5.41) is 1.70. The molecule has 180 valence electrons. The Kier molecular flexibility index (Phi) is 8.47. The van der Waals surface area contributed by atoms with E-state index >= 15 is 0 Å². The fourth-order valence-corrected chi connectivity index (χ4v) is 5.43. The lowest BCUT2D eigenvalue weighted by Gasteiger charge is -2.35. The number of rotatable bonds is 6.